The Morgan fingerprint density at radius 2 is 1.58 bits per heavy atom. The summed E-state index contributed by atoms with van der Waals surface area (Å²) >= 11 is 0. The molecular formula is C33H36FN5O7S2. The molecule has 0 spiro atoms. The van der Waals surface area contributed by atoms with Crippen molar-refractivity contribution in [1.29, 1.82) is 0 Å². The van der Waals surface area contributed by atoms with Crippen LogP contribution in [-0.2, 0) is 26.4 Å². The fourth-order valence-electron chi connectivity index (χ4n) is 5.34. The largest absolute Gasteiger partial charge is 0.493 e. The number of amides is 2. The number of hydrogen-bond donors (Lipinski definition) is 3. The lowest BCUT2D eigenvalue weighted by molar-refractivity contribution is 0.204. The van der Waals surface area contributed by atoms with E-state index in [4.69, 9.17) is 9.47 Å². The van der Waals surface area contributed by atoms with Crippen LogP contribution in [0.25, 0.3) is 0 Å². The van der Waals surface area contributed by atoms with Crippen molar-refractivity contribution in [1.82, 2.24) is 9.88 Å². The Balaban J connectivity index is 1.09. The number of nitrogens with zero attached hydrogens (tertiary/aromatic N) is 2. The SMILES string of the molecule is COc1cc(S(C)(=O)=O)ccc1Oc1ccc(CN2CCC(c3ccc(NC(=O)Nc4ccc(F)c(NS(C)(=O)=O)c4)cc3)CC2)cn1. The Morgan fingerprint density at radius 3 is 2.21 bits per heavy atom. The Bertz CT molecular complexity index is 1980. The molecule has 1 aliphatic rings. The first-order valence-corrected chi connectivity index (χ1v) is 18.7. The molecule has 254 valence electrons. The van der Waals surface area contributed by atoms with Crippen molar-refractivity contribution in [2.24, 2.45) is 0 Å². The highest BCUT2D eigenvalue weighted by Gasteiger charge is 2.21. The summed E-state index contributed by atoms with van der Waals surface area (Å²) in [5.74, 6) is 0.646. The molecule has 0 bridgehead atoms. The number of methoxy groups -OCH3 is 1. The third kappa shape index (κ3) is 9.42. The number of likely N-dealkylation sites (tertiary alicyclic amines) is 1. The van der Waals surface area contributed by atoms with Crippen molar-refractivity contribution in [3.05, 3.63) is 95.9 Å². The molecule has 1 saturated heterocycles. The highest BCUT2D eigenvalue weighted by atomic mass is 32.2. The quantitative estimate of drug-likeness (QED) is 0.176. The van der Waals surface area contributed by atoms with Gasteiger partial charge in [0.05, 0.1) is 23.9 Å². The molecule has 0 radical (unpaired) electrons. The maximum Gasteiger partial charge on any atom is 0.323 e. The van der Waals surface area contributed by atoms with Gasteiger partial charge in [-0.3, -0.25) is 9.62 Å². The monoisotopic (exact) mass is 697 g/mol. The maximum absolute atomic E-state index is 13.9. The zero-order valence-electron chi connectivity index (χ0n) is 26.6. The summed E-state index contributed by atoms with van der Waals surface area (Å²) in [4.78, 5) is 19.4. The molecule has 2 heterocycles. The van der Waals surface area contributed by atoms with Gasteiger partial charge in [-0.15, -0.1) is 0 Å². The van der Waals surface area contributed by atoms with Crippen LogP contribution < -0.4 is 24.8 Å². The van der Waals surface area contributed by atoms with Crippen molar-refractivity contribution in [2.75, 3.05) is 48.1 Å². The second-order valence-corrected chi connectivity index (χ2v) is 15.3. The molecule has 1 fully saturated rings. The average molecular weight is 698 g/mol. The van der Waals surface area contributed by atoms with Gasteiger partial charge in [-0.2, -0.15) is 0 Å². The molecule has 1 aromatic heterocycles. The lowest BCUT2D eigenvalue weighted by Gasteiger charge is -2.32. The minimum Gasteiger partial charge on any atom is -0.493 e. The number of piperidine rings is 1. The van der Waals surface area contributed by atoms with Crippen molar-refractivity contribution < 1.29 is 35.5 Å². The summed E-state index contributed by atoms with van der Waals surface area (Å²) in [6.07, 6.45) is 5.75. The lowest BCUT2D eigenvalue weighted by Crippen LogP contribution is -2.32. The number of hydrogen-bond acceptors (Lipinski definition) is 9. The average Bonchev–Trinajstić information content (AvgIpc) is 3.03. The lowest BCUT2D eigenvalue weighted by atomic mass is 9.89. The van der Waals surface area contributed by atoms with E-state index in [1.807, 2.05) is 30.3 Å². The Morgan fingerprint density at radius 1 is 0.896 bits per heavy atom. The first kappa shape index (κ1) is 34.6. The second kappa shape index (κ2) is 14.6. The van der Waals surface area contributed by atoms with Crippen molar-refractivity contribution in [3.63, 3.8) is 0 Å². The number of carbonyl (C=O) groups is 1. The smallest absolute Gasteiger partial charge is 0.323 e. The number of benzene rings is 3. The summed E-state index contributed by atoms with van der Waals surface area (Å²) in [5, 5.41) is 5.31. The van der Waals surface area contributed by atoms with Crippen LogP contribution in [0.2, 0.25) is 0 Å². The van der Waals surface area contributed by atoms with E-state index >= 15 is 0 Å². The molecule has 3 aromatic carbocycles. The van der Waals surface area contributed by atoms with E-state index in [2.05, 4.69) is 25.2 Å². The number of sulfonamides is 1. The van der Waals surface area contributed by atoms with Crippen LogP contribution >= 0.6 is 0 Å². The first-order valence-electron chi connectivity index (χ1n) is 14.9. The van der Waals surface area contributed by atoms with Gasteiger partial charge in [0.1, 0.15) is 5.82 Å². The predicted molar refractivity (Wildman–Crippen MR) is 182 cm³/mol. The van der Waals surface area contributed by atoms with Crippen LogP contribution in [0.5, 0.6) is 17.4 Å². The fourth-order valence-corrected chi connectivity index (χ4v) is 6.53. The highest BCUT2D eigenvalue weighted by Crippen LogP contribution is 2.33. The van der Waals surface area contributed by atoms with Crippen LogP contribution in [0.1, 0.15) is 29.9 Å². The molecule has 12 nitrogen and oxygen atoms in total. The van der Waals surface area contributed by atoms with E-state index in [-0.39, 0.29) is 16.3 Å². The number of halogens is 1. The molecule has 3 N–H and O–H groups in total. The van der Waals surface area contributed by atoms with E-state index in [0.29, 0.717) is 29.0 Å². The third-order valence-electron chi connectivity index (χ3n) is 7.73. The molecule has 48 heavy (non-hydrogen) atoms. The van der Waals surface area contributed by atoms with Crippen LogP contribution in [0.15, 0.2) is 83.9 Å². The normalized spacial score (nSPS) is 14.2. The van der Waals surface area contributed by atoms with E-state index < -0.39 is 31.7 Å². The van der Waals surface area contributed by atoms with Crippen molar-refractivity contribution in [2.45, 2.75) is 30.2 Å². The molecule has 4 aromatic rings. The van der Waals surface area contributed by atoms with E-state index in [1.54, 1.807) is 18.3 Å². The number of carbonyl (C=O) groups excluding carboxylic acids is 1. The van der Waals surface area contributed by atoms with Gasteiger partial charge in [0, 0.05) is 42.5 Å². The van der Waals surface area contributed by atoms with E-state index in [9.17, 15) is 26.0 Å². The second-order valence-electron chi connectivity index (χ2n) is 11.5. The van der Waals surface area contributed by atoms with Gasteiger partial charge in [0.15, 0.2) is 21.3 Å². The Hall–Kier alpha value is -4.73. The maximum atomic E-state index is 13.9. The van der Waals surface area contributed by atoms with E-state index in [1.165, 1.54) is 36.9 Å². The minimum absolute atomic E-state index is 0.140. The third-order valence-corrected chi connectivity index (χ3v) is 9.43. The molecule has 0 saturated carbocycles. The first-order chi connectivity index (χ1) is 22.8. The standard InChI is InChI=1S/C33H36FN5O7S2/c1-45-31-19-27(47(2,41)42)10-12-30(31)46-32-13-4-22(20-35-32)21-39-16-14-24(15-17-39)23-5-7-25(8-6-23)36-33(40)37-26-9-11-28(34)29(18-26)38-48(3,43)44/h4-13,18-20,24,38H,14-17,21H2,1-3H3,(H2,36,37,40). The molecule has 15 heteroatoms. The topological polar surface area (TPSA) is 156 Å². The zero-order chi connectivity index (χ0) is 34.5. The van der Waals surface area contributed by atoms with Crippen LogP contribution in [0.4, 0.5) is 26.2 Å². The van der Waals surface area contributed by atoms with E-state index in [0.717, 1.165) is 56.6 Å². The summed E-state index contributed by atoms with van der Waals surface area (Å²) < 4.78 is 73.8. The van der Waals surface area contributed by atoms with Crippen LogP contribution in [0.3, 0.4) is 0 Å². The molecule has 2 amide bonds. The summed E-state index contributed by atoms with van der Waals surface area (Å²) in [7, 11) is -5.62. The number of aromatic nitrogens is 1. The number of sulfone groups is 1. The van der Waals surface area contributed by atoms with Crippen LogP contribution in [-0.4, -0.2) is 65.5 Å². The number of anilines is 3. The van der Waals surface area contributed by atoms with Crippen LogP contribution in [0, 0.1) is 5.82 Å². The molecule has 0 aliphatic carbocycles. The number of urea groups is 1. The number of nitrogens with one attached hydrogen (secondary N) is 3. The van der Waals surface area contributed by atoms with Gasteiger partial charge in [-0.05, 0) is 85.4 Å². The molecule has 0 atom stereocenters. The van der Waals surface area contributed by atoms with Gasteiger partial charge in [-0.25, -0.2) is 31.0 Å². The zero-order valence-corrected chi connectivity index (χ0v) is 28.2. The molecular weight excluding hydrogens is 662 g/mol. The van der Waals surface area contributed by atoms with Gasteiger partial charge >= 0.3 is 6.03 Å². The number of ether oxygens (including phenoxy) is 2. The summed E-state index contributed by atoms with van der Waals surface area (Å²) in [6, 6.07) is 18.9. The summed E-state index contributed by atoms with van der Waals surface area (Å²) in [5.41, 5.74) is 2.76. The summed E-state index contributed by atoms with van der Waals surface area (Å²) in [6.45, 7) is 2.55. The van der Waals surface area contributed by atoms with Gasteiger partial charge in [0.25, 0.3) is 0 Å². The Kier molecular flexibility index (Phi) is 10.5. The van der Waals surface area contributed by atoms with Gasteiger partial charge < -0.3 is 20.1 Å². The number of rotatable bonds is 11. The predicted octanol–water partition coefficient (Wildman–Crippen LogP) is 5.82. The molecule has 0 unspecified atom stereocenters. The number of pyridine rings is 1. The molecule has 1 aliphatic heterocycles. The fraction of sp³-hybridized carbons (Fsp3) is 0.273. The minimum atomic E-state index is -3.68. The molecule has 5 rings (SSSR count). The Labute approximate surface area is 279 Å². The van der Waals surface area contributed by atoms with Gasteiger partial charge in [0.2, 0.25) is 15.9 Å². The van der Waals surface area contributed by atoms with Crippen molar-refractivity contribution in [3.8, 4) is 17.4 Å². The highest BCUT2D eigenvalue weighted by molar-refractivity contribution is 7.92. The van der Waals surface area contributed by atoms with Gasteiger partial charge in [-0.1, -0.05) is 18.2 Å². The van der Waals surface area contributed by atoms with Crippen molar-refractivity contribution >= 4 is 43.0 Å².